The van der Waals surface area contributed by atoms with Gasteiger partial charge in [-0.3, -0.25) is 9.69 Å². The molecule has 0 amide bonds. The number of carbonyl (C=O) groups is 1. The zero-order valence-corrected chi connectivity index (χ0v) is 12.1. The first-order valence-corrected chi connectivity index (χ1v) is 7.49. The number of nitrogens with zero attached hydrogens (tertiary/aromatic N) is 1. The molecule has 1 saturated heterocycles. The Balaban J connectivity index is 1.84. The van der Waals surface area contributed by atoms with Gasteiger partial charge < -0.3 is 14.8 Å². The molecule has 2 atom stereocenters. The second-order valence-electron chi connectivity index (χ2n) is 5.41. The van der Waals surface area contributed by atoms with Crippen molar-refractivity contribution < 1.29 is 14.3 Å². The minimum atomic E-state index is -0.192. The smallest absolute Gasteiger partial charge is 0.324 e. The summed E-state index contributed by atoms with van der Waals surface area (Å²) in [6, 6.07) is 0.320. The predicted molar refractivity (Wildman–Crippen MR) is 73.0 cm³/mol. The molecule has 1 aliphatic heterocycles. The lowest BCUT2D eigenvalue weighted by atomic mass is 10.2. The number of nitrogens with one attached hydrogen (secondary N) is 1. The fourth-order valence-corrected chi connectivity index (χ4v) is 2.42. The van der Waals surface area contributed by atoms with Crippen LogP contribution in [0.5, 0.6) is 0 Å². The Hall–Kier alpha value is -0.650. The summed E-state index contributed by atoms with van der Waals surface area (Å²) in [5.41, 5.74) is 0. The normalized spacial score (nSPS) is 26.1. The Morgan fingerprint density at radius 1 is 1.47 bits per heavy atom. The van der Waals surface area contributed by atoms with E-state index in [-0.39, 0.29) is 12.0 Å². The third-order valence-electron chi connectivity index (χ3n) is 3.70. The average molecular weight is 270 g/mol. The summed E-state index contributed by atoms with van der Waals surface area (Å²) in [6.45, 7) is 7.75. The summed E-state index contributed by atoms with van der Waals surface area (Å²) >= 11 is 0. The van der Waals surface area contributed by atoms with E-state index in [2.05, 4.69) is 17.1 Å². The van der Waals surface area contributed by atoms with E-state index in [0.29, 0.717) is 18.8 Å². The van der Waals surface area contributed by atoms with Crippen molar-refractivity contribution in [2.45, 2.75) is 51.3 Å². The topological polar surface area (TPSA) is 50.8 Å². The van der Waals surface area contributed by atoms with E-state index in [4.69, 9.17) is 9.47 Å². The van der Waals surface area contributed by atoms with Gasteiger partial charge in [0.1, 0.15) is 6.04 Å². The highest BCUT2D eigenvalue weighted by molar-refractivity contribution is 5.76. The first-order chi connectivity index (χ1) is 9.22. The summed E-state index contributed by atoms with van der Waals surface area (Å²) in [5, 5.41) is 3.40. The summed E-state index contributed by atoms with van der Waals surface area (Å²) in [6.07, 6.45) is 3.68. The van der Waals surface area contributed by atoms with Crippen LogP contribution in [-0.4, -0.2) is 61.9 Å². The highest BCUT2D eigenvalue weighted by atomic mass is 16.5. The van der Waals surface area contributed by atoms with Crippen molar-refractivity contribution >= 4 is 5.97 Å². The number of hydrogen-bond acceptors (Lipinski definition) is 5. The van der Waals surface area contributed by atoms with Crippen LogP contribution in [0.1, 0.15) is 33.1 Å². The molecular weight excluding hydrogens is 244 g/mol. The zero-order chi connectivity index (χ0) is 13.7. The largest absolute Gasteiger partial charge is 0.465 e. The lowest BCUT2D eigenvalue weighted by Crippen LogP contribution is -2.52. The van der Waals surface area contributed by atoms with Gasteiger partial charge in [0.25, 0.3) is 0 Å². The number of esters is 1. The van der Waals surface area contributed by atoms with Crippen LogP contribution < -0.4 is 5.32 Å². The third-order valence-corrected chi connectivity index (χ3v) is 3.70. The summed E-state index contributed by atoms with van der Waals surface area (Å²) < 4.78 is 10.8. The lowest BCUT2D eigenvalue weighted by Gasteiger charge is -2.34. The minimum absolute atomic E-state index is 0.117. The Morgan fingerprint density at radius 3 is 2.89 bits per heavy atom. The van der Waals surface area contributed by atoms with Crippen molar-refractivity contribution in [2.75, 3.05) is 32.8 Å². The first kappa shape index (κ1) is 14.8. The first-order valence-electron chi connectivity index (χ1n) is 7.49. The van der Waals surface area contributed by atoms with Crippen LogP contribution in [0.3, 0.4) is 0 Å². The van der Waals surface area contributed by atoms with Crippen LogP contribution in [0.4, 0.5) is 0 Å². The van der Waals surface area contributed by atoms with E-state index < -0.39 is 0 Å². The number of hydrogen-bond donors (Lipinski definition) is 1. The van der Waals surface area contributed by atoms with Crippen LogP contribution in [0, 0.1) is 0 Å². The zero-order valence-electron chi connectivity index (χ0n) is 12.1. The fraction of sp³-hybridized carbons (Fsp3) is 0.929. The van der Waals surface area contributed by atoms with Gasteiger partial charge in [-0.05, 0) is 26.2 Å². The Kier molecular flexibility index (Phi) is 5.60. The van der Waals surface area contributed by atoms with Crippen LogP contribution >= 0.6 is 0 Å². The van der Waals surface area contributed by atoms with Gasteiger partial charge in [-0.25, -0.2) is 0 Å². The molecule has 2 fully saturated rings. The van der Waals surface area contributed by atoms with E-state index in [1.165, 1.54) is 12.8 Å². The van der Waals surface area contributed by atoms with Gasteiger partial charge in [-0.1, -0.05) is 6.92 Å². The maximum atomic E-state index is 12.0. The number of ether oxygens (including phenoxy) is 2. The van der Waals surface area contributed by atoms with Crippen LogP contribution in [0.15, 0.2) is 0 Å². The molecule has 5 nitrogen and oxygen atoms in total. The second-order valence-corrected chi connectivity index (χ2v) is 5.41. The molecule has 2 unspecified atom stereocenters. The number of rotatable bonds is 7. The van der Waals surface area contributed by atoms with E-state index in [0.717, 1.165) is 32.7 Å². The Bertz CT molecular complexity index is 294. The molecule has 5 heteroatoms. The average Bonchev–Trinajstić information content (AvgIpc) is 3.22. The van der Waals surface area contributed by atoms with Gasteiger partial charge in [0.15, 0.2) is 0 Å². The maximum absolute atomic E-state index is 12.0. The SMILES string of the molecule is CCOC(=O)C(CN1CCOC(CC)C1)NC1CC1. The lowest BCUT2D eigenvalue weighted by molar-refractivity contribution is -0.146. The molecule has 1 saturated carbocycles. The van der Waals surface area contributed by atoms with Crippen LogP contribution in [0.2, 0.25) is 0 Å². The maximum Gasteiger partial charge on any atom is 0.324 e. The van der Waals surface area contributed by atoms with Gasteiger partial charge in [-0.15, -0.1) is 0 Å². The molecule has 2 rings (SSSR count). The fourth-order valence-electron chi connectivity index (χ4n) is 2.42. The Morgan fingerprint density at radius 2 is 2.26 bits per heavy atom. The van der Waals surface area contributed by atoms with Crippen molar-refractivity contribution in [1.82, 2.24) is 10.2 Å². The van der Waals surface area contributed by atoms with Gasteiger partial charge in [0.2, 0.25) is 0 Å². The number of carbonyl (C=O) groups excluding carboxylic acids is 1. The monoisotopic (exact) mass is 270 g/mol. The van der Waals surface area contributed by atoms with Crippen LogP contribution in [0.25, 0.3) is 0 Å². The van der Waals surface area contributed by atoms with Crippen molar-refractivity contribution in [2.24, 2.45) is 0 Å². The molecule has 1 aliphatic carbocycles. The highest BCUT2D eigenvalue weighted by Crippen LogP contribution is 2.20. The van der Waals surface area contributed by atoms with E-state index >= 15 is 0 Å². The van der Waals surface area contributed by atoms with Gasteiger partial charge in [-0.2, -0.15) is 0 Å². The molecule has 110 valence electrons. The molecule has 2 aliphatic rings. The van der Waals surface area contributed by atoms with Crippen molar-refractivity contribution in [3.8, 4) is 0 Å². The molecule has 0 radical (unpaired) electrons. The minimum Gasteiger partial charge on any atom is -0.465 e. The Labute approximate surface area is 115 Å². The quantitative estimate of drug-likeness (QED) is 0.693. The van der Waals surface area contributed by atoms with Crippen molar-refractivity contribution in [3.63, 3.8) is 0 Å². The molecule has 0 aromatic heterocycles. The standard InChI is InChI=1S/C14H26N2O3/c1-3-12-9-16(7-8-19-12)10-13(14(17)18-4-2)15-11-5-6-11/h11-13,15H,3-10H2,1-2H3. The summed E-state index contributed by atoms with van der Waals surface area (Å²) in [7, 11) is 0. The molecule has 0 bridgehead atoms. The molecule has 0 aromatic carbocycles. The van der Waals surface area contributed by atoms with Gasteiger partial charge in [0.05, 0.1) is 19.3 Å². The molecule has 19 heavy (non-hydrogen) atoms. The van der Waals surface area contributed by atoms with Gasteiger partial charge in [0, 0.05) is 25.7 Å². The van der Waals surface area contributed by atoms with Crippen molar-refractivity contribution in [1.29, 1.82) is 0 Å². The molecule has 0 aromatic rings. The molecule has 0 spiro atoms. The summed E-state index contributed by atoms with van der Waals surface area (Å²) in [5.74, 6) is -0.117. The predicted octanol–water partition coefficient (Wildman–Crippen LogP) is 0.781. The van der Waals surface area contributed by atoms with E-state index in [1.807, 2.05) is 6.92 Å². The van der Waals surface area contributed by atoms with Crippen LogP contribution in [-0.2, 0) is 14.3 Å². The molecular formula is C14H26N2O3. The second kappa shape index (κ2) is 7.22. The van der Waals surface area contributed by atoms with Crippen molar-refractivity contribution in [3.05, 3.63) is 0 Å². The molecule has 1 N–H and O–H groups in total. The van der Waals surface area contributed by atoms with E-state index in [1.54, 1.807) is 0 Å². The summed E-state index contributed by atoms with van der Waals surface area (Å²) in [4.78, 5) is 14.3. The third kappa shape index (κ3) is 4.75. The highest BCUT2D eigenvalue weighted by Gasteiger charge is 2.31. The molecule has 1 heterocycles. The van der Waals surface area contributed by atoms with Gasteiger partial charge >= 0.3 is 5.97 Å². The van der Waals surface area contributed by atoms with E-state index in [9.17, 15) is 4.79 Å². The number of morpholine rings is 1.